The molecule has 0 aromatic carbocycles. The molecule has 0 aliphatic carbocycles. The minimum Gasteiger partial charge on any atom is -0.383 e. The summed E-state index contributed by atoms with van der Waals surface area (Å²) in [6.07, 6.45) is 0.717. The maximum atomic E-state index is 5.52. The third kappa shape index (κ3) is 1.51. The molecular weight excluding hydrogens is 164 g/mol. The van der Waals surface area contributed by atoms with Crippen LogP contribution in [0.3, 0.4) is 0 Å². The second-order valence-corrected chi connectivity index (χ2v) is 2.43. The summed E-state index contributed by atoms with van der Waals surface area (Å²) in [5.41, 5.74) is 11.8. The number of hydrogen-bond acceptors (Lipinski definition) is 4. The fourth-order valence-electron chi connectivity index (χ4n) is 0.852. The Morgan fingerprint density at radius 2 is 1.73 bits per heavy atom. The summed E-state index contributed by atoms with van der Waals surface area (Å²) in [5, 5.41) is 0.0946. The van der Waals surface area contributed by atoms with Crippen LogP contribution in [0.2, 0.25) is 5.28 Å². The van der Waals surface area contributed by atoms with E-state index in [4.69, 9.17) is 23.1 Å². The van der Waals surface area contributed by atoms with Crippen LogP contribution in [0.15, 0.2) is 0 Å². The second-order valence-electron chi connectivity index (χ2n) is 2.10. The van der Waals surface area contributed by atoms with Gasteiger partial charge >= 0.3 is 0 Å². The molecule has 1 aromatic heterocycles. The molecule has 0 aliphatic rings. The van der Waals surface area contributed by atoms with Crippen molar-refractivity contribution in [1.29, 1.82) is 0 Å². The molecule has 0 saturated carbocycles. The van der Waals surface area contributed by atoms with Crippen LogP contribution in [0, 0.1) is 0 Å². The summed E-state index contributed by atoms with van der Waals surface area (Å²) in [5.74, 6) is 0.731. The third-order valence-electron chi connectivity index (χ3n) is 1.40. The van der Waals surface area contributed by atoms with Crippen LogP contribution in [-0.4, -0.2) is 9.97 Å². The fraction of sp³-hybridized carbons (Fsp3) is 0.333. The van der Waals surface area contributed by atoms with Crippen molar-refractivity contribution in [2.75, 3.05) is 11.5 Å². The zero-order chi connectivity index (χ0) is 8.43. The summed E-state index contributed by atoms with van der Waals surface area (Å²) in [7, 11) is 0. The minimum atomic E-state index is 0.0946. The average molecular weight is 173 g/mol. The van der Waals surface area contributed by atoms with E-state index in [-0.39, 0.29) is 5.28 Å². The predicted octanol–water partition coefficient (Wildman–Crippen LogP) is 0.857. The molecular formula is C6H9ClN4. The first-order chi connectivity index (χ1) is 5.15. The van der Waals surface area contributed by atoms with Crippen LogP contribution < -0.4 is 11.5 Å². The highest BCUT2D eigenvalue weighted by Crippen LogP contribution is 2.17. The van der Waals surface area contributed by atoms with Gasteiger partial charge in [-0.2, -0.15) is 0 Å². The van der Waals surface area contributed by atoms with Crippen LogP contribution >= 0.6 is 11.6 Å². The van der Waals surface area contributed by atoms with Crippen LogP contribution in [0.4, 0.5) is 11.6 Å². The normalized spacial score (nSPS) is 10.0. The SMILES string of the molecule is CCc1c(N)nc(Cl)nc1N. The van der Waals surface area contributed by atoms with Crippen molar-refractivity contribution in [3.05, 3.63) is 10.8 Å². The topological polar surface area (TPSA) is 77.8 Å². The average Bonchev–Trinajstić information content (AvgIpc) is 1.85. The van der Waals surface area contributed by atoms with E-state index >= 15 is 0 Å². The van der Waals surface area contributed by atoms with Crippen molar-refractivity contribution in [2.45, 2.75) is 13.3 Å². The lowest BCUT2D eigenvalue weighted by molar-refractivity contribution is 1.06. The van der Waals surface area contributed by atoms with Crippen molar-refractivity contribution < 1.29 is 0 Å². The van der Waals surface area contributed by atoms with Gasteiger partial charge in [-0.25, -0.2) is 9.97 Å². The Kier molecular flexibility index (Phi) is 2.14. The number of nitrogen functional groups attached to an aromatic ring is 2. The number of hydrogen-bond donors (Lipinski definition) is 2. The van der Waals surface area contributed by atoms with Gasteiger partial charge in [0.25, 0.3) is 0 Å². The zero-order valence-corrected chi connectivity index (χ0v) is 6.89. The lowest BCUT2D eigenvalue weighted by Gasteiger charge is -2.03. The summed E-state index contributed by atoms with van der Waals surface area (Å²) >= 11 is 5.50. The van der Waals surface area contributed by atoms with Crippen molar-refractivity contribution >= 4 is 23.2 Å². The van der Waals surface area contributed by atoms with Gasteiger partial charge in [0.1, 0.15) is 11.6 Å². The molecule has 1 rings (SSSR count). The lowest BCUT2D eigenvalue weighted by Crippen LogP contribution is -2.04. The smallest absolute Gasteiger partial charge is 0.226 e. The Balaban J connectivity index is 3.25. The van der Waals surface area contributed by atoms with Gasteiger partial charge in [0.2, 0.25) is 5.28 Å². The van der Waals surface area contributed by atoms with Gasteiger partial charge < -0.3 is 11.5 Å². The molecule has 0 saturated heterocycles. The Morgan fingerprint density at radius 3 is 2.09 bits per heavy atom. The van der Waals surface area contributed by atoms with Gasteiger partial charge in [0, 0.05) is 5.56 Å². The molecule has 5 heteroatoms. The number of anilines is 2. The maximum absolute atomic E-state index is 5.52. The Bertz CT molecular complexity index is 250. The molecule has 0 fully saturated rings. The highest BCUT2D eigenvalue weighted by molar-refractivity contribution is 6.28. The highest BCUT2D eigenvalue weighted by Gasteiger charge is 2.05. The molecule has 0 unspecified atom stereocenters. The first kappa shape index (κ1) is 8.07. The fourth-order valence-corrected chi connectivity index (χ4v) is 1.03. The van der Waals surface area contributed by atoms with Gasteiger partial charge in [-0.1, -0.05) is 6.92 Å². The summed E-state index contributed by atoms with van der Waals surface area (Å²) in [4.78, 5) is 7.51. The summed E-state index contributed by atoms with van der Waals surface area (Å²) < 4.78 is 0. The van der Waals surface area contributed by atoms with Gasteiger partial charge in [0.15, 0.2) is 0 Å². The maximum Gasteiger partial charge on any atom is 0.226 e. The Morgan fingerprint density at radius 1 is 1.27 bits per heavy atom. The van der Waals surface area contributed by atoms with E-state index in [2.05, 4.69) is 9.97 Å². The third-order valence-corrected chi connectivity index (χ3v) is 1.57. The van der Waals surface area contributed by atoms with Gasteiger partial charge in [-0.05, 0) is 18.0 Å². The first-order valence-corrected chi connectivity index (χ1v) is 3.60. The Labute approximate surface area is 69.6 Å². The summed E-state index contributed by atoms with van der Waals surface area (Å²) in [6, 6.07) is 0. The summed E-state index contributed by atoms with van der Waals surface area (Å²) in [6.45, 7) is 1.93. The zero-order valence-electron chi connectivity index (χ0n) is 6.13. The predicted molar refractivity (Wildman–Crippen MR) is 45.2 cm³/mol. The van der Waals surface area contributed by atoms with E-state index in [1.807, 2.05) is 6.92 Å². The van der Waals surface area contributed by atoms with E-state index in [9.17, 15) is 0 Å². The van der Waals surface area contributed by atoms with Crippen molar-refractivity contribution in [1.82, 2.24) is 9.97 Å². The first-order valence-electron chi connectivity index (χ1n) is 3.22. The lowest BCUT2D eigenvalue weighted by atomic mass is 10.2. The van der Waals surface area contributed by atoms with Gasteiger partial charge in [-0.15, -0.1) is 0 Å². The molecule has 0 aliphatic heterocycles. The van der Waals surface area contributed by atoms with Crippen LogP contribution in [0.5, 0.6) is 0 Å². The number of halogens is 1. The van der Waals surface area contributed by atoms with E-state index < -0.39 is 0 Å². The van der Waals surface area contributed by atoms with E-state index in [0.717, 1.165) is 12.0 Å². The number of aromatic nitrogens is 2. The number of rotatable bonds is 1. The van der Waals surface area contributed by atoms with Crippen LogP contribution in [0.25, 0.3) is 0 Å². The molecule has 0 amide bonds. The number of nitrogens with zero attached hydrogens (tertiary/aromatic N) is 2. The molecule has 1 aromatic rings. The minimum absolute atomic E-state index is 0.0946. The molecule has 0 spiro atoms. The van der Waals surface area contributed by atoms with E-state index in [1.165, 1.54) is 0 Å². The van der Waals surface area contributed by atoms with Crippen LogP contribution in [0.1, 0.15) is 12.5 Å². The van der Waals surface area contributed by atoms with E-state index in [1.54, 1.807) is 0 Å². The van der Waals surface area contributed by atoms with Crippen LogP contribution in [-0.2, 0) is 6.42 Å². The molecule has 11 heavy (non-hydrogen) atoms. The molecule has 4 N–H and O–H groups in total. The highest BCUT2D eigenvalue weighted by atomic mass is 35.5. The quantitative estimate of drug-likeness (QED) is 0.616. The molecule has 4 nitrogen and oxygen atoms in total. The van der Waals surface area contributed by atoms with Crippen molar-refractivity contribution in [2.24, 2.45) is 0 Å². The Hall–Kier alpha value is -1.03. The van der Waals surface area contributed by atoms with E-state index in [0.29, 0.717) is 11.6 Å². The van der Waals surface area contributed by atoms with Crippen molar-refractivity contribution in [3.63, 3.8) is 0 Å². The second kappa shape index (κ2) is 2.92. The largest absolute Gasteiger partial charge is 0.383 e. The number of nitrogens with two attached hydrogens (primary N) is 2. The molecule has 0 radical (unpaired) electrons. The molecule has 0 bridgehead atoms. The molecule has 60 valence electrons. The molecule has 0 atom stereocenters. The van der Waals surface area contributed by atoms with Gasteiger partial charge in [0.05, 0.1) is 0 Å². The van der Waals surface area contributed by atoms with Crippen molar-refractivity contribution in [3.8, 4) is 0 Å². The van der Waals surface area contributed by atoms with Gasteiger partial charge in [-0.3, -0.25) is 0 Å². The monoisotopic (exact) mass is 172 g/mol. The standard InChI is InChI=1S/C6H9ClN4/c1-2-3-4(8)10-6(7)11-5(3)9/h2H2,1H3,(H4,8,9,10,11). The molecule has 1 heterocycles.